The van der Waals surface area contributed by atoms with E-state index in [0.717, 1.165) is 65.7 Å². The van der Waals surface area contributed by atoms with E-state index in [1.807, 2.05) is 41.3 Å². The Morgan fingerprint density at radius 1 is 1.03 bits per heavy atom. The van der Waals surface area contributed by atoms with Crippen LogP contribution in [0.1, 0.15) is 46.4 Å². The Labute approximate surface area is 185 Å². The Bertz CT molecular complexity index is 1190. The van der Waals surface area contributed by atoms with Crippen molar-refractivity contribution in [1.82, 2.24) is 4.98 Å². The van der Waals surface area contributed by atoms with E-state index in [2.05, 4.69) is 6.07 Å². The van der Waals surface area contributed by atoms with Crippen LogP contribution in [0, 0.1) is 0 Å². The molecule has 6 heteroatoms. The predicted molar refractivity (Wildman–Crippen MR) is 123 cm³/mol. The topological polar surface area (TPSA) is 70.5 Å². The van der Waals surface area contributed by atoms with Gasteiger partial charge >= 0.3 is 5.97 Å². The number of rotatable bonds is 4. The molecule has 5 nitrogen and oxygen atoms in total. The van der Waals surface area contributed by atoms with Gasteiger partial charge in [0.1, 0.15) is 0 Å². The lowest BCUT2D eigenvalue weighted by atomic mass is 9.94. The number of fused-ring (bicyclic) bond motifs is 3. The minimum absolute atomic E-state index is 0.00619. The number of hydrogen-bond acceptors (Lipinski definition) is 4. The summed E-state index contributed by atoms with van der Waals surface area (Å²) in [6.45, 7) is 0.714. The van der Waals surface area contributed by atoms with Gasteiger partial charge in [-0.25, -0.2) is 0 Å². The zero-order chi connectivity index (χ0) is 21.4. The highest BCUT2D eigenvalue weighted by Gasteiger charge is 2.25. The third-order valence-electron chi connectivity index (χ3n) is 6.15. The van der Waals surface area contributed by atoms with Crippen LogP contribution in [-0.4, -0.2) is 34.3 Å². The first-order valence-corrected chi connectivity index (χ1v) is 11.8. The first-order chi connectivity index (χ1) is 15.1. The van der Waals surface area contributed by atoms with Crippen LogP contribution in [0.5, 0.6) is 0 Å². The van der Waals surface area contributed by atoms with E-state index >= 15 is 0 Å². The van der Waals surface area contributed by atoms with Crippen LogP contribution >= 0.6 is 11.8 Å². The Kier molecular flexibility index (Phi) is 5.40. The predicted octanol–water partition coefficient (Wildman–Crippen LogP) is 4.88. The number of hydrogen-bond donors (Lipinski definition) is 1. The van der Waals surface area contributed by atoms with Gasteiger partial charge in [0.2, 0.25) is 0 Å². The van der Waals surface area contributed by atoms with Crippen molar-refractivity contribution in [2.45, 2.75) is 43.4 Å². The number of aryl methyl sites for hydroxylation is 2. The Balaban J connectivity index is 1.56. The van der Waals surface area contributed by atoms with E-state index < -0.39 is 5.97 Å². The number of para-hydroxylation sites is 1. The summed E-state index contributed by atoms with van der Waals surface area (Å²) in [6, 6.07) is 13.8. The molecule has 2 heterocycles. The largest absolute Gasteiger partial charge is 0.481 e. The van der Waals surface area contributed by atoms with Crippen molar-refractivity contribution in [3.8, 4) is 0 Å². The van der Waals surface area contributed by atoms with E-state index in [0.29, 0.717) is 12.1 Å². The van der Waals surface area contributed by atoms with Crippen molar-refractivity contribution in [3.63, 3.8) is 0 Å². The molecule has 2 aliphatic rings. The molecule has 0 saturated heterocycles. The van der Waals surface area contributed by atoms with Crippen molar-refractivity contribution in [2.24, 2.45) is 0 Å². The second-order valence-corrected chi connectivity index (χ2v) is 9.16. The molecule has 0 spiro atoms. The van der Waals surface area contributed by atoms with Crippen LogP contribution in [0.4, 0.5) is 5.69 Å². The molecule has 0 fully saturated rings. The third kappa shape index (κ3) is 3.81. The number of anilines is 1. The summed E-state index contributed by atoms with van der Waals surface area (Å²) in [5.74, 6) is -0.806. The first-order valence-electron chi connectivity index (χ1n) is 10.8. The summed E-state index contributed by atoms with van der Waals surface area (Å²) < 4.78 is 0. The van der Waals surface area contributed by atoms with Gasteiger partial charge in [-0.2, -0.15) is 0 Å². The molecule has 158 valence electrons. The summed E-state index contributed by atoms with van der Waals surface area (Å²) in [5, 5.41) is 10.2. The SMILES string of the molecule is O=C(O)CSc1c2c(nc3cc(C(=O)N4CCCc5ccccc54)ccc13)CCCC2. The van der Waals surface area contributed by atoms with Crippen molar-refractivity contribution < 1.29 is 14.7 Å². The minimum Gasteiger partial charge on any atom is -0.481 e. The zero-order valence-corrected chi connectivity index (χ0v) is 18.1. The van der Waals surface area contributed by atoms with E-state index in [1.54, 1.807) is 0 Å². The maximum absolute atomic E-state index is 13.4. The van der Waals surface area contributed by atoms with Gasteiger partial charge in [-0.1, -0.05) is 24.3 Å². The minimum atomic E-state index is -0.824. The first kappa shape index (κ1) is 20.1. The van der Waals surface area contributed by atoms with Gasteiger partial charge in [0.15, 0.2) is 0 Å². The molecule has 0 radical (unpaired) electrons. The molecule has 1 N–H and O–H groups in total. The van der Waals surface area contributed by atoms with Gasteiger partial charge < -0.3 is 10.0 Å². The Morgan fingerprint density at radius 2 is 1.87 bits per heavy atom. The Morgan fingerprint density at radius 3 is 2.74 bits per heavy atom. The van der Waals surface area contributed by atoms with Crippen LogP contribution in [0.2, 0.25) is 0 Å². The standard InChI is InChI=1S/C25H24N2O3S/c28-23(29)15-31-24-18-8-2-3-9-20(18)26-21-14-17(11-12-19(21)24)25(30)27-13-5-7-16-6-1-4-10-22(16)27/h1,4,6,10-12,14H,2-3,5,7-9,13,15H2,(H,28,29). The fourth-order valence-electron chi connectivity index (χ4n) is 4.71. The molecule has 0 saturated carbocycles. The number of pyridine rings is 1. The molecule has 31 heavy (non-hydrogen) atoms. The van der Waals surface area contributed by atoms with Gasteiger partial charge in [0, 0.05) is 33.8 Å². The van der Waals surface area contributed by atoms with Crippen molar-refractivity contribution in [2.75, 3.05) is 17.2 Å². The summed E-state index contributed by atoms with van der Waals surface area (Å²) >= 11 is 1.37. The van der Waals surface area contributed by atoms with Gasteiger partial charge in [0.25, 0.3) is 5.91 Å². The normalized spacial score (nSPS) is 15.4. The van der Waals surface area contributed by atoms with E-state index in [9.17, 15) is 14.7 Å². The molecule has 2 aromatic carbocycles. The molecule has 1 aliphatic carbocycles. The summed E-state index contributed by atoms with van der Waals surface area (Å²) in [4.78, 5) is 32.4. The summed E-state index contributed by atoms with van der Waals surface area (Å²) in [5.41, 5.74) is 5.86. The molecule has 0 bridgehead atoms. The van der Waals surface area contributed by atoms with Gasteiger partial charge in [-0.3, -0.25) is 14.6 Å². The maximum Gasteiger partial charge on any atom is 0.313 e. The number of aliphatic carboxylic acids is 1. The molecule has 3 aromatic rings. The molecule has 0 atom stereocenters. The molecule has 1 aliphatic heterocycles. The highest BCUT2D eigenvalue weighted by atomic mass is 32.2. The molecule has 5 rings (SSSR count). The molecular weight excluding hydrogens is 408 g/mol. The van der Waals surface area contributed by atoms with Crippen LogP contribution < -0.4 is 4.90 Å². The fraction of sp³-hybridized carbons (Fsp3) is 0.320. The Hall–Kier alpha value is -2.86. The highest BCUT2D eigenvalue weighted by molar-refractivity contribution is 8.00. The van der Waals surface area contributed by atoms with E-state index in [4.69, 9.17) is 4.98 Å². The van der Waals surface area contributed by atoms with Gasteiger partial charge in [-0.05, 0) is 67.9 Å². The number of carboxylic acid groups (broad SMARTS) is 1. The lowest BCUT2D eigenvalue weighted by Gasteiger charge is -2.29. The zero-order valence-electron chi connectivity index (χ0n) is 17.3. The van der Waals surface area contributed by atoms with Crippen molar-refractivity contribution in [1.29, 1.82) is 0 Å². The number of amides is 1. The van der Waals surface area contributed by atoms with Crippen LogP contribution in [0.25, 0.3) is 10.9 Å². The number of aromatic nitrogens is 1. The molecule has 0 unspecified atom stereocenters. The summed E-state index contributed by atoms with van der Waals surface area (Å²) in [7, 11) is 0. The van der Waals surface area contributed by atoms with E-state index in [1.165, 1.54) is 22.9 Å². The highest BCUT2D eigenvalue weighted by Crippen LogP contribution is 2.37. The van der Waals surface area contributed by atoms with Crippen LogP contribution in [-0.2, 0) is 24.1 Å². The average Bonchev–Trinajstić information content (AvgIpc) is 2.80. The number of carbonyl (C=O) groups is 2. The number of nitrogens with zero attached hydrogens (tertiary/aromatic N) is 2. The lowest BCUT2D eigenvalue weighted by Crippen LogP contribution is -2.35. The molecule has 1 aromatic heterocycles. The van der Waals surface area contributed by atoms with E-state index in [-0.39, 0.29) is 11.7 Å². The number of carboxylic acids is 1. The monoisotopic (exact) mass is 432 g/mol. The molecular formula is C25H24N2O3S. The lowest BCUT2D eigenvalue weighted by molar-refractivity contribution is -0.133. The van der Waals surface area contributed by atoms with Crippen LogP contribution in [0.3, 0.4) is 0 Å². The number of carbonyl (C=O) groups excluding carboxylic acids is 1. The summed E-state index contributed by atoms with van der Waals surface area (Å²) in [6.07, 6.45) is 5.99. The number of benzene rings is 2. The maximum atomic E-state index is 13.4. The smallest absolute Gasteiger partial charge is 0.313 e. The van der Waals surface area contributed by atoms with Gasteiger partial charge in [0.05, 0.1) is 11.3 Å². The van der Waals surface area contributed by atoms with Crippen molar-refractivity contribution in [3.05, 3.63) is 64.8 Å². The second-order valence-electron chi connectivity index (χ2n) is 8.18. The second kappa shape index (κ2) is 8.35. The van der Waals surface area contributed by atoms with Crippen molar-refractivity contribution >= 4 is 40.2 Å². The average molecular weight is 433 g/mol. The number of thioether (sulfide) groups is 1. The van der Waals surface area contributed by atoms with Gasteiger partial charge in [-0.15, -0.1) is 11.8 Å². The third-order valence-corrected chi connectivity index (χ3v) is 7.30. The fourth-order valence-corrected chi connectivity index (χ4v) is 5.70. The van der Waals surface area contributed by atoms with Crippen LogP contribution in [0.15, 0.2) is 47.4 Å². The quantitative estimate of drug-likeness (QED) is 0.595. The molecule has 1 amide bonds.